The lowest BCUT2D eigenvalue weighted by molar-refractivity contribution is -0.122. The predicted octanol–water partition coefficient (Wildman–Crippen LogP) is 1.56. The highest BCUT2D eigenvalue weighted by molar-refractivity contribution is 6.00. The van der Waals surface area contributed by atoms with E-state index in [-0.39, 0.29) is 12.3 Å². The Labute approximate surface area is 127 Å². The van der Waals surface area contributed by atoms with Crippen LogP contribution >= 0.6 is 0 Å². The Kier molecular flexibility index (Phi) is 3.51. The van der Waals surface area contributed by atoms with Gasteiger partial charge in [-0.3, -0.25) is 4.79 Å². The molecule has 2 amide bonds. The summed E-state index contributed by atoms with van der Waals surface area (Å²) >= 11 is 0. The molecule has 23 heavy (non-hydrogen) atoms. The molecule has 1 aliphatic heterocycles. The van der Waals surface area contributed by atoms with Gasteiger partial charge in [0.25, 0.3) is 0 Å². The van der Waals surface area contributed by atoms with Crippen LogP contribution in [0.1, 0.15) is 5.56 Å². The molecule has 120 valence electrons. The van der Waals surface area contributed by atoms with Crippen molar-refractivity contribution >= 4 is 17.8 Å². The molecule has 0 saturated heterocycles. The lowest BCUT2D eigenvalue weighted by atomic mass is 10.0. The third kappa shape index (κ3) is 3.15. The van der Waals surface area contributed by atoms with E-state index in [1.807, 2.05) is 0 Å². The van der Waals surface area contributed by atoms with Gasteiger partial charge in [0.15, 0.2) is 0 Å². The number of aromatic nitrogens is 3. The molecule has 0 aliphatic carbocycles. The predicted molar refractivity (Wildman–Crippen MR) is 72.6 cm³/mol. The Hall–Kier alpha value is -2.91. The maximum absolute atomic E-state index is 12.1. The highest BCUT2D eigenvalue weighted by Crippen LogP contribution is 2.31. The fourth-order valence-electron chi connectivity index (χ4n) is 2.22. The van der Waals surface area contributed by atoms with Gasteiger partial charge in [-0.25, -0.2) is 9.78 Å². The number of carbonyl (C=O) groups excluding carboxylic acids is 2. The molecule has 2 aromatic rings. The standard InChI is InChI=1S/C13H10F3N5O2/c14-13(15,16)6-18-12(23)21-5-7(4-19-21)8-1-2-17-11-9(8)3-10(22)20-11/h1-2,4-5H,3,6H2,(H,18,23)(H,17,20,22). The number of anilines is 1. The first-order chi connectivity index (χ1) is 10.8. The average Bonchev–Trinajstić information content (AvgIpc) is 3.08. The molecule has 2 aromatic heterocycles. The van der Waals surface area contributed by atoms with E-state index in [4.69, 9.17) is 0 Å². The second kappa shape index (κ2) is 5.38. The fourth-order valence-corrected chi connectivity index (χ4v) is 2.22. The number of amides is 2. The topological polar surface area (TPSA) is 88.9 Å². The molecule has 10 heteroatoms. The van der Waals surface area contributed by atoms with Gasteiger partial charge in [0.05, 0.1) is 12.6 Å². The van der Waals surface area contributed by atoms with Crippen molar-refractivity contribution in [3.05, 3.63) is 30.2 Å². The van der Waals surface area contributed by atoms with E-state index in [1.54, 1.807) is 11.4 Å². The first kappa shape index (κ1) is 15.0. The quantitative estimate of drug-likeness (QED) is 0.877. The van der Waals surface area contributed by atoms with Crippen molar-refractivity contribution in [3.8, 4) is 11.1 Å². The highest BCUT2D eigenvalue weighted by Gasteiger charge is 2.28. The van der Waals surface area contributed by atoms with Crippen LogP contribution < -0.4 is 10.6 Å². The lowest BCUT2D eigenvalue weighted by Crippen LogP contribution is -2.36. The summed E-state index contributed by atoms with van der Waals surface area (Å²) in [7, 11) is 0. The molecule has 3 rings (SSSR count). The van der Waals surface area contributed by atoms with Crippen LogP contribution in [0.5, 0.6) is 0 Å². The van der Waals surface area contributed by atoms with Crippen LogP contribution in [0.2, 0.25) is 0 Å². The summed E-state index contributed by atoms with van der Waals surface area (Å²) in [5, 5.41) is 8.06. The van der Waals surface area contributed by atoms with Crippen LogP contribution in [-0.2, 0) is 11.2 Å². The zero-order chi connectivity index (χ0) is 16.6. The molecule has 0 radical (unpaired) electrons. The number of nitrogens with one attached hydrogen (secondary N) is 2. The van der Waals surface area contributed by atoms with Crippen molar-refractivity contribution in [1.82, 2.24) is 20.1 Å². The minimum atomic E-state index is -4.50. The summed E-state index contributed by atoms with van der Waals surface area (Å²) in [5.74, 6) is 0.233. The third-order valence-corrected chi connectivity index (χ3v) is 3.19. The highest BCUT2D eigenvalue weighted by atomic mass is 19.4. The van der Waals surface area contributed by atoms with E-state index in [2.05, 4.69) is 15.4 Å². The van der Waals surface area contributed by atoms with Crippen LogP contribution in [0, 0.1) is 0 Å². The number of fused-ring (bicyclic) bond motifs is 1. The van der Waals surface area contributed by atoms with Gasteiger partial charge in [0, 0.05) is 23.5 Å². The van der Waals surface area contributed by atoms with Crippen LogP contribution in [0.15, 0.2) is 24.7 Å². The summed E-state index contributed by atoms with van der Waals surface area (Å²) in [6.07, 6.45) is -0.232. The number of pyridine rings is 1. The number of alkyl halides is 3. The first-order valence-electron chi connectivity index (χ1n) is 6.51. The second-order valence-electron chi connectivity index (χ2n) is 4.86. The van der Waals surface area contributed by atoms with E-state index < -0.39 is 18.8 Å². The average molecular weight is 325 g/mol. The van der Waals surface area contributed by atoms with Crippen molar-refractivity contribution in [2.45, 2.75) is 12.6 Å². The van der Waals surface area contributed by atoms with Gasteiger partial charge in [-0.15, -0.1) is 0 Å². The normalized spacial score (nSPS) is 13.6. The van der Waals surface area contributed by atoms with Crippen molar-refractivity contribution in [3.63, 3.8) is 0 Å². The van der Waals surface area contributed by atoms with Gasteiger partial charge in [0.2, 0.25) is 5.91 Å². The number of hydrogen-bond donors (Lipinski definition) is 2. The van der Waals surface area contributed by atoms with E-state index in [9.17, 15) is 22.8 Å². The first-order valence-corrected chi connectivity index (χ1v) is 6.51. The van der Waals surface area contributed by atoms with E-state index in [1.165, 1.54) is 18.6 Å². The molecule has 0 spiro atoms. The van der Waals surface area contributed by atoms with Crippen LogP contribution in [0.4, 0.5) is 23.8 Å². The molecule has 0 unspecified atom stereocenters. The van der Waals surface area contributed by atoms with Crippen molar-refractivity contribution in [1.29, 1.82) is 0 Å². The summed E-state index contributed by atoms with van der Waals surface area (Å²) in [6, 6.07) is 0.655. The second-order valence-corrected chi connectivity index (χ2v) is 4.86. The maximum Gasteiger partial charge on any atom is 0.405 e. The SMILES string of the molecule is O=C1Cc2c(-c3cnn(C(=O)NCC(F)(F)F)c3)ccnc2N1. The van der Waals surface area contributed by atoms with Gasteiger partial charge in [-0.2, -0.15) is 23.0 Å². The molecule has 0 bridgehead atoms. The molecular formula is C13H10F3N5O2. The van der Waals surface area contributed by atoms with Crippen molar-refractivity contribution in [2.75, 3.05) is 11.9 Å². The Balaban J connectivity index is 1.82. The summed E-state index contributed by atoms with van der Waals surface area (Å²) < 4.78 is 37.1. The monoisotopic (exact) mass is 325 g/mol. The fraction of sp³-hybridized carbons (Fsp3) is 0.231. The van der Waals surface area contributed by atoms with Gasteiger partial charge in [-0.1, -0.05) is 0 Å². The summed E-state index contributed by atoms with van der Waals surface area (Å²) in [4.78, 5) is 27.1. The Morgan fingerprint density at radius 2 is 2.22 bits per heavy atom. The maximum atomic E-state index is 12.1. The lowest BCUT2D eigenvalue weighted by Gasteiger charge is -2.07. The minimum absolute atomic E-state index is 0.143. The molecule has 1 aliphatic rings. The van der Waals surface area contributed by atoms with E-state index >= 15 is 0 Å². The van der Waals surface area contributed by atoms with Crippen LogP contribution in [-0.4, -0.2) is 39.4 Å². The summed E-state index contributed by atoms with van der Waals surface area (Å²) in [6.45, 7) is -1.44. The molecule has 0 saturated carbocycles. The third-order valence-electron chi connectivity index (χ3n) is 3.19. The number of nitrogens with zero attached hydrogens (tertiary/aromatic N) is 3. The van der Waals surface area contributed by atoms with Crippen molar-refractivity contribution < 1.29 is 22.8 Å². The number of rotatable bonds is 2. The largest absolute Gasteiger partial charge is 0.405 e. The van der Waals surface area contributed by atoms with Gasteiger partial charge in [-0.05, 0) is 11.6 Å². The smallest absolute Gasteiger partial charge is 0.327 e. The molecule has 2 N–H and O–H groups in total. The molecule has 3 heterocycles. The minimum Gasteiger partial charge on any atom is -0.327 e. The van der Waals surface area contributed by atoms with Gasteiger partial charge < -0.3 is 10.6 Å². The molecule has 0 atom stereocenters. The zero-order valence-electron chi connectivity index (χ0n) is 11.5. The Morgan fingerprint density at radius 1 is 1.43 bits per heavy atom. The summed E-state index contributed by atoms with van der Waals surface area (Å²) in [5.41, 5.74) is 1.80. The number of hydrogen-bond acceptors (Lipinski definition) is 4. The van der Waals surface area contributed by atoms with E-state index in [0.29, 0.717) is 22.5 Å². The molecule has 0 fully saturated rings. The number of carbonyl (C=O) groups is 2. The molecule has 0 aromatic carbocycles. The number of halogens is 3. The van der Waals surface area contributed by atoms with Crippen LogP contribution in [0.25, 0.3) is 11.1 Å². The van der Waals surface area contributed by atoms with Crippen molar-refractivity contribution in [2.24, 2.45) is 0 Å². The Bertz CT molecular complexity index is 784. The van der Waals surface area contributed by atoms with Gasteiger partial charge in [0.1, 0.15) is 12.4 Å². The molecule has 7 nitrogen and oxygen atoms in total. The van der Waals surface area contributed by atoms with Gasteiger partial charge >= 0.3 is 12.2 Å². The Morgan fingerprint density at radius 3 is 2.96 bits per heavy atom. The molecular weight excluding hydrogens is 315 g/mol. The zero-order valence-corrected chi connectivity index (χ0v) is 11.5. The van der Waals surface area contributed by atoms with Crippen LogP contribution in [0.3, 0.4) is 0 Å². The van der Waals surface area contributed by atoms with E-state index in [0.717, 1.165) is 4.68 Å².